The molecule has 2 aliphatic heterocycles. The standard InChI is InChI=1S/C26H41N3O3/c1-22-7-5-14-29(22)15-6-18-31-24-12-10-23(11-13-24)26(21-28-16-19-30-20-17-28)27-32-25-8-3-2-4-9-25/h10-13,22,25H,2-9,14-21H2,1H3/b27-26+/t22-/m1/s1. The van der Waals surface area contributed by atoms with Gasteiger partial charge >= 0.3 is 0 Å². The van der Waals surface area contributed by atoms with Gasteiger partial charge in [0.1, 0.15) is 17.6 Å². The molecule has 2 saturated heterocycles. The fraction of sp³-hybridized carbons (Fsp3) is 0.731. The zero-order valence-corrected chi connectivity index (χ0v) is 19.8. The van der Waals surface area contributed by atoms with Crippen molar-refractivity contribution in [2.24, 2.45) is 5.16 Å². The molecule has 1 aromatic rings. The van der Waals surface area contributed by atoms with Crippen molar-refractivity contribution in [3.05, 3.63) is 29.8 Å². The fourth-order valence-corrected chi connectivity index (χ4v) is 4.98. The molecule has 178 valence electrons. The summed E-state index contributed by atoms with van der Waals surface area (Å²) in [6.07, 6.45) is 10.1. The van der Waals surface area contributed by atoms with Crippen LogP contribution in [0.3, 0.4) is 0 Å². The Labute approximate surface area is 193 Å². The number of benzene rings is 1. The minimum Gasteiger partial charge on any atom is -0.494 e. The second-order valence-corrected chi connectivity index (χ2v) is 9.55. The molecule has 0 spiro atoms. The van der Waals surface area contributed by atoms with Crippen molar-refractivity contribution in [1.29, 1.82) is 0 Å². The lowest BCUT2D eigenvalue weighted by molar-refractivity contribution is 0.0292. The lowest BCUT2D eigenvalue weighted by Gasteiger charge is -2.27. The second-order valence-electron chi connectivity index (χ2n) is 9.55. The van der Waals surface area contributed by atoms with Gasteiger partial charge in [-0.1, -0.05) is 11.6 Å². The SMILES string of the molecule is C[C@@H]1CCCN1CCCOc1ccc(/C(CN2CCOCC2)=N/OC2CCCCC2)cc1. The van der Waals surface area contributed by atoms with Gasteiger partial charge in [-0.25, -0.2) is 0 Å². The Bertz CT molecular complexity index is 697. The average molecular weight is 444 g/mol. The number of oxime groups is 1. The molecular weight excluding hydrogens is 402 g/mol. The Balaban J connectivity index is 1.31. The van der Waals surface area contributed by atoms with E-state index in [1.807, 2.05) is 0 Å². The third-order valence-corrected chi connectivity index (χ3v) is 7.08. The summed E-state index contributed by atoms with van der Waals surface area (Å²) >= 11 is 0. The molecule has 1 atom stereocenters. The first-order chi connectivity index (χ1) is 15.8. The zero-order chi connectivity index (χ0) is 22.0. The van der Waals surface area contributed by atoms with Crippen LogP contribution in [0, 0.1) is 0 Å². The van der Waals surface area contributed by atoms with E-state index < -0.39 is 0 Å². The maximum Gasteiger partial charge on any atom is 0.127 e. The number of hydrogen-bond acceptors (Lipinski definition) is 6. The number of rotatable bonds is 10. The molecule has 6 heteroatoms. The van der Waals surface area contributed by atoms with Crippen LogP contribution in [-0.4, -0.2) is 80.2 Å². The summed E-state index contributed by atoms with van der Waals surface area (Å²) < 4.78 is 11.5. The predicted molar refractivity (Wildman–Crippen MR) is 129 cm³/mol. The fourth-order valence-electron chi connectivity index (χ4n) is 4.98. The Hall–Kier alpha value is -1.63. The van der Waals surface area contributed by atoms with Gasteiger partial charge in [0.2, 0.25) is 0 Å². The summed E-state index contributed by atoms with van der Waals surface area (Å²) in [7, 11) is 0. The Morgan fingerprint density at radius 1 is 1.00 bits per heavy atom. The molecule has 0 amide bonds. The van der Waals surface area contributed by atoms with Crippen LogP contribution in [0.25, 0.3) is 0 Å². The quantitative estimate of drug-likeness (QED) is 0.306. The monoisotopic (exact) mass is 443 g/mol. The van der Waals surface area contributed by atoms with Gasteiger partial charge in [-0.15, -0.1) is 0 Å². The maximum atomic E-state index is 6.02. The summed E-state index contributed by atoms with van der Waals surface area (Å²) in [5, 5.41) is 4.66. The van der Waals surface area contributed by atoms with E-state index in [4.69, 9.17) is 14.3 Å². The van der Waals surface area contributed by atoms with Gasteiger partial charge < -0.3 is 19.2 Å². The van der Waals surface area contributed by atoms with E-state index in [-0.39, 0.29) is 6.10 Å². The molecule has 0 bridgehead atoms. The van der Waals surface area contributed by atoms with Crippen molar-refractivity contribution < 1.29 is 14.3 Å². The van der Waals surface area contributed by atoms with Gasteiger partial charge in [-0.2, -0.15) is 0 Å². The topological polar surface area (TPSA) is 46.5 Å². The largest absolute Gasteiger partial charge is 0.494 e. The summed E-state index contributed by atoms with van der Waals surface area (Å²) in [5.41, 5.74) is 2.12. The van der Waals surface area contributed by atoms with E-state index in [9.17, 15) is 0 Å². The van der Waals surface area contributed by atoms with Crippen LogP contribution in [0.1, 0.15) is 63.9 Å². The molecule has 6 nitrogen and oxygen atoms in total. The third-order valence-electron chi connectivity index (χ3n) is 7.08. The minimum atomic E-state index is 0.268. The highest BCUT2D eigenvalue weighted by Gasteiger charge is 2.20. The highest BCUT2D eigenvalue weighted by atomic mass is 16.6. The van der Waals surface area contributed by atoms with Gasteiger partial charge in [0.05, 0.1) is 19.8 Å². The summed E-state index contributed by atoms with van der Waals surface area (Å²) in [5.74, 6) is 0.933. The Morgan fingerprint density at radius 3 is 2.50 bits per heavy atom. The van der Waals surface area contributed by atoms with Crippen LogP contribution in [0.15, 0.2) is 29.4 Å². The van der Waals surface area contributed by atoms with Crippen molar-refractivity contribution >= 4 is 5.71 Å². The van der Waals surface area contributed by atoms with E-state index in [1.54, 1.807) is 0 Å². The summed E-state index contributed by atoms with van der Waals surface area (Å²) in [4.78, 5) is 11.0. The molecule has 0 aromatic heterocycles. The third kappa shape index (κ3) is 7.19. The number of ether oxygens (including phenoxy) is 2. The smallest absolute Gasteiger partial charge is 0.127 e. The van der Waals surface area contributed by atoms with Crippen LogP contribution in [0.5, 0.6) is 5.75 Å². The molecule has 1 saturated carbocycles. The molecule has 0 unspecified atom stereocenters. The van der Waals surface area contributed by atoms with Crippen molar-refractivity contribution in [2.45, 2.75) is 70.4 Å². The molecule has 4 rings (SSSR count). The van der Waals surface area contributed by atoms with Crippen molar-refractivity contribution in [1.82, 2.24) is 9.80 Å². The molecule has 0 N–H and O–H groups in total. The first kappa shape index (κ1) is 23.5. The molecule has 32 heavy (non-hydrogen) atoms. The molecule has 1 aliphatic carbocycles. The zero-order valence-electron chi connectivity index (χ0n) is 19.8. The van der Waals surface area contributed by atoms with Gasteiger partial charge in [-0.3, -0.25) is 4.90 Å². The molecule has 0 radical (unpaired) electrons. The summed E-state index contributed by atoms with van der Waals surface area (Å²) in [6.45, 7) is 9.74. The first-order valence-electron chi connectivity index (χ1n) is 12.8. The molecule has 1 aromatic carbocycles. The molecule has 2 heterocycles. The van der Waals surface area contributed by atoms with Crippen LogP contribution in [0.4, 0.5) is 0 Å². The first-order valence-corrected chi connectivity index (χ1v) is 12.8. The number of morpholine rings is 1. The number of hydrogen-bond donors (Lipinski definition) is 0. The van der Waals surface area contributed by atoms with Crippen molar-refractivity contribution in [3.8, 4) is 5.75 Å². The van der Waals surface area contributed by atoms with E-state index in [1.165, 1.54) is 38.6 Å². The van der Waals surface area contributed by atoms with Gasteiger partial charge in [0.25, 0.3) is 0 Å². The van der Waals surface area contributed by atoms with Crippen LogP contribution >= 0.6 is 0 Å². The molecular formula is C26H41N3O3. The van der Waals surface area contributed by atoms with Gasteiger partial charge in [0.15, 0.2) is 0 Å². The van der Waals surface area contributed by atoms with Gasteiger partial charge in [-0.05, 0) is 82.7 Å². The van der Waals surface area contributed by atoms with E-state index in [2.05, 4.69) is 46.1 Å². The van der Waals surface area contributed by atoms with E-state index >= 15 is 0 Å². The lowest BCUT2D eigenvalue weighted by atomic mass is 9.98. The molecule has 3 aliphatic rings. The number of nitrogens with zero attached hydrogens (tertiary/aromatic N) is 3. The number of likely N-dealkylation sites (tertiary alicyclic amines) is 1. The van der Waals surface area contributed by atoms with Gasteiger partial charge in [0, 0.05) is 37.8 Å². The van der Waals surface area contributed by atoms with E-state index in [0.29, 0.717) is 0 Å². The van der Waals surface area contributed by atoms with Crippen molar-refractivity contribution in [2.75, 3.05) is 52.5 Å². The Kier molecular flexibility index (Phi) is 9.24. The molecule has 3 fully saturated rings. The highest BCUT2D eigenvalue weighted by molar-refractivity contribution is 6.01. The maximum absolute atomic E-state index is 6.02. The normalized spacial score (nSPS) is 24.0. The minimum absolute atomic E-state index is 0.268. The predicted octanol–water partition coefficient (Wildman–Crippen LogP) is 4.33. The van der Waals surface area contributed by atoms with Crippen LogP contribution in [-0.2, 0) is 9.57 Å². The van der Waals surface area contributed by atoms with Crippen LogP contribution < -0.4 is 4.74 Å². The second kappa shape index (κ2) is 12.6. The highest BCUT2D eigenvalue weighted by Crippen LogP contribution is 2.21. The van der Waals surface area contributed by atoms with Crippen LogP contribution in [0.2, 0.25) is 0 Å². The summed E-state index contributed by atoms with van der Waals surface area (Å²) in [6, 6.07) is 9.13. The lowest BCUT2D eigenvalue weighted by Crippen LogP contribution is -2.40. The van der Waals surface area contributed by atoms with Crippen molar-refractivity contribution in [3.63, 3.8) is 0 Å². The Morgan fingerprint density at radius 2 is 1.78 bits per heavy atom. The average Bonchev–Trinajstić information content (AvgIpc) is 3.26. The van der Waals surface area contributed by atoms with E-state index in [0.717, 1.165) is 88.3 Å².